The number of nitrogens with zero attached hydrogens (tertiary/aromatic N) is 2. The topological polar surface area (TPSA) is 87.1 Å². The van der Waals surface area contributed by atoms with Crippen molar-refractivity contribution in [3.8, 4) is 11.3 Å². The Morgan fingerprint density at radius 1 is 1.12 bits per heavy atom. The minimum Gasteiger partial charge on any atom is -0.387 e. The molecule has 3 rings (SSSR count). The molecule has 0 bridgehead atoms. The fourth-order valence-electron chi connectivity index (χ4n) is 2.09. The van der Waals surface area contributed by atoms with Gasteiger partial charge in [-0.3, -0.25) is 5.32 Å². The van der Waals surface area contributed by atoms with Gasteiger partial charge in [0.05, 0.1) is 11.8 Å². The monoisotopic (exact) mass is 340 g/mol. The van der Waals surface area contributed by atoms with Crippen LogP contribution in [0.1, 0.15) is 11.7 Å². The lowest BCUT2D eigenvalue weighted by atomic mass is 10.1. The van der Waals surface area contributed by atoms with Gasteiger partial charge in [-0.1, -0.05) is 30.3 Å². The normalized spacial score (nSPS) is 11.7. The van der Waals surface area contributed by atoms with Crippen LogP contribution in [0.2, 0.25) is 0 Å². The maximum absolute atomic E-state index is 11.8. The molecule has 24 heavy (non-hydrogen) atoms. The summed E-state index contributed by atoms with van der Waals surface area (Å²) in [7, 11) is 0. The second-order valence-corrected chi connectivity index (χ2v) is 5.86. The summed E-state index contributed by atoms with van der Waals surface area (Å²) in [5.41, 5.74) is 2.47. The van der Waals surface area contributed by atoms with Crippen LogP contribution >= 0.6 is 11.3 Å². The van der Waals surface area contributed by atoms with Crippen LogP contribution in [0, 0.1) is 0 Å². The molecule has 0 radical (unpaired) electrons. The van der Waals surface area contributed by atoms with Crippen LogP contribution in [0.3, 0.4) is 0 Å². The van der Waals surface area contributed by atoms with Crippen molar-refractivity contribution >= 4 is 23.2 Å². The highest BCUT2D eigenvalue weighted by Crippen LogP contribution is 2.17. The third-order valence-electron chi connectivity index (χ3n) is 3.36. The molecule has 0 fully saturated rings. The fraction of sp³-hybridized carbons (Fsp3) is 0.118. The fourth-order valence-corrected chi connectivity index (χ4v) is 2.80. The van der Waals surface area contributed by atoms with Gasteiger partial charge < -0.3 is 10.4 Å². The van der Waals surface area contributed by atoms with E-state index in [2.05, 4.69) is 20.8 Å². The van der Waals surface area contributed by atoms with Crippen molar-refractivity contribution in [3.05, 3.63) is 64.9 Å². The van der Waals surface area contributed by atoms with Crippen molar-refractivity contribution in [2.24, 2.45) is 0 Å². The summed E-state index contributed by atoms with van der Waals surface area (Å²) in [5.74, 6) is 0.345. The molecule has 0 aliphatic heterocycles. The zero-order chi connectivity index (χ0) is 16.8. The summed E-state index contributed by atoms with van der Waals surface area (Å²) in [6.45, 7) is 0.123. The molecule has 0 unspecified atom stereocenters. The summed E-state index contributed by atoms with van der Waals surface area (Å²) < 4.78 is 0. The molecule has 2 aromatic heterocycles. The second kappa shape index (κ2) is 7.67. The number of nitrogens with one attached hydrogen (secondary N) is 2. The number of hydrogen-bond donors (Lipinski definition) is 3. The van der Waals surface area contributed by atoms with Crippen molar-refractivity contribution in [1.29, 1.82) is 0 Å². The van der Waals surface area contributed by atoms with E-state index in [1.165, 1.54) is 11.3 Å². The summed E-state index contributed by atoms with van der Waals surface area (Å²) in [6, 6.07) is 14.5. The van der Waals surface area contributed by atoms with Gasteiger partial charge in [-0.2, -0.15) is 11.3 Å². The smallest absolute Gasteiger partial charge is 0.320 e. The lowest BCUT2D eigenvalue weighted by Gasteiger charge is -2.11. The highest BCUT2D eigenvalue weighted by molar-refractivity contribution is 7.07. The third kappa shape index (κ3) is 4.15. The number of hydrogen-bond acceptors (Lipinski definition) is 5. The molecule has 0 aliphatic carbocycles. The van der Waals surface area contributed by atoms with Crippen molar-refractivity contribution < 1.29 is 9.90 Å². The summed E-state index contributed by atoms with van der Waals surface area (Å²) in [4.78, 5) is 11.8. The Bertz CT molecular complexity index is 776. The Kier molecular flexibility index (Phi) is 5.15. The quantitative estimate of drug-likeness (QED) is 0.666. The first-order chi connectivity index (χ1) is 11.7. The number of carbonyl (C=O) groups is 1. The van der Waals surface area contributed by atoms with Crippen LogP contribution in [-0.4, -0.2) is 27.9 Å². The number of benzene rings is 1. The van der Waals surface area contributed by atoms with E-state index in [1.54, 1.807) is 12.1 Å². The summed E-state index contributed by atoms with van der Waals surface area (Å²) in [5, 5.41) is 26.9. The Morgan fingerprint density at radius 3 is 2.62 bits per heavy atom. The molecule has 6 nitrogen and oxygen atoms in total. The first kappa shape index (κ1) is 16.1. The Morgan fingerprint density at radius 2 is 1.96 bits per heavy atom. The third-order valence-corrected chi connectivity index (χ3v) is 4.06. The number of aliphatic hydroxyl groups excluding tert-OH is 1. The molecule has 122 valence electrons. The Labute approximate surface area is 143 Å². The predicted octanol–water partition coefficient (Wildman–Crippen LogP) is 3.06. The largest absolute Gasteiger partial charge is 0.387 e. The van der Waals surface area contributed by atoms with E-state index in [1.807, 2.05) is 47.2 Å². The molecule has 7 heteroatoms. The van der Waals surface area contributed by atoms with Crippen molar-refractivity contribution in [2.75, 3.05) is 11.9 Å². The maximum atomic E-state index is 11.8. The predicted molar refractivity (Wildman–Crippen MR) is 93.8 cm³/mol. The van der Waals surface area contributed by atoms with Crippen LogP contribution in [0.4, 0.5) is 10.6 Å². The number of carbonyl (C=O) groups excluding carboxylic acids is 1. The van der Waals surface area contributed by atoms with Gasteiger partial charge in [0.15, 0.2) is 5.82 Å². The molecular formula is C17H16N4O2S. The zero-order valence-corrected chi connectivity index (χ0v) is 13.5. The standard InChI is InChI=1S/C17H16N4O2S/c22-15(13-8-9-24-11-13)10-18-17(23)19-16-7-6-14(20-21-16)12-4-2-1-3-5-12/h1-9,11,15,22H,10H2,(H2,18,19,21,23)/t15-/m1/s1. The number of rotatable bonds is 5. The lowest BCUT2D eigenvalue weighted by molar-refractivity contribution is 0.175. The van der Waals surface area contributed by atoms with Crippen molar-refractivity contribution in [3.63, 3.8) is 0 Å². The molecule has 0 aliphatic rings. The van der Waals surface area contributed by atoms with Gasteiger partial charge in [-0.05, 0) is 34.5 Å². The van der Waals surface area contributed by atoms with Gasteiger partial charge in [0.1, 0.15) is 0 Å². The van der Waals surface area contributed by atoms with E-state index in [4.69, 9.17) is 0 Å². The molecule has 3 aromatic rings. The van der Waals surface area contributed by atoms with E-state index in [-0.39, 0.29) is 6.54 Å². The Hall–Kier alpha value is -2.77. The Balaban J connectivity index is 1.53. The van der Waals surface area contributed by atoms with Crippen molar-refractivity contribution in [2.45, 2.75) is 6.10 Å². The number of aliphatic hydroxyl groups is 1. The minimum absolute atomic E-state index is 0.123. The maximum Gasteiger partial charge on any atom is 0.320 e. The summed E-state index contributed by atoms with van der Waals surface area (Å²) in [6.07, 6.45) is -0.728. The van der Waals surface area contributed by atoms with E-state index in [9.17, 15) is 9.90 Å². The molecular weight excluding hydrogens is 324 g/mol. The highest BCUT2D eigenvalue weighted by atomic mass is 32.1. The minimum atomic E-state index is -0.728. The molecule has 2 amide bonds. The number of amides is 2. The molecule has 0 spiro atoms. The van der Waals surface area contributed by atoms with Gasteiger partial charge in [-0.25, -0.2) is 4.79 Å². The van der Waals surface area contributed by atoms with Gasteiger partial charge in [0, 0.05) is 12.1 Å². The number of aromatic nitrogens is 2. The average Bonchev–Trinajstić information content (AvgIpc) is 3.16. The van der Waals surface area contributed by atoms with Gasteiger partial charge in [0.25, 0.3) is 0 Å². The highest BCUT2D eigenvalue weighted by Gasteiger charge is 2.10. The number of thiophene rings is 1. The first-order valence-corrected chi connectivity index (χ1v) is 8.31. The molecule has 2 heterocycles. The van der Waals surface area contributed by atoms with Crippen LogP contribution in [-0.2, 0) is 0 Å². The first-order valence-electron chi connectivity index (χ1n) is 7.36. The molecule has 3 N–H and O–H groups in total. The second-order valence-electron chi connectivity index (χ2n) is 5.08. The van der Waals surface area contributed by atoms with Gasteiger partial charge in [-0.15, -0.1) is 10.2 Å². The van der Waals surface area contributed by atoms with Crippen LogP contribution in [0.5, 0.6) is 0 Å². The van der Waals surface area contributed by atoms with Crippen molar-refractivity contribution in [1.82, 2.24) is 15.5 Å². The van der Waals surface area contributed by atoms with Crippen LogP contribution in [0.25, 0.3) is 11.3 Å². The summed E-state index contributed by atoms with van der Waals surface area (Å²) >= 11 is 1.50. The van der Waals surface area contributed by atoms with Crippen LogP contribution < -0.4 is 10.6 Å². The molecule has 1 atom stereocenters. The van der Waals surface area contributed by atoms with Gasteiger partial charge >= 0.3 is 6.03 Å². The number of anilines is 1. The molecule has 1 aromatic carbocycles. The number of urea groups is 1. The SMILES string of the molecule is O=C(NC[C@@H](O)c1ccsc1)Nc1ccc(-c2ccccc2)nn1. The molecule has 0 saturated heterocycles. The van der Waals surface area contributed by atoms with E-state index in [0.717, 1.165) is 16.8 Å². The lowest BCUT2D eigenvalue weighted by Crippen LogP contribution is -2.32. The average molecular weight is 340 g/mol. The van der Waals surface area contributed by atoms with E-state index < -0.39 is 12.1 Å². The zero-order valence-electron chi connectivity index (χ0n) is 12.7. The van der Waals surface area contributed by atoms with Crippen LogP contribution in [0.15, 0.2) is 59.3 Å². The van der Waals surface area contributed by atoms with E-state index >= 15 is 0 Å². The van der Waals surface area contributed by atoms with Gasteiger partial charge in [0.2, 0.25) is 0 Å². The van der Waals surface area contributed by atoms with E-state index in [0.29, 0.717) is 5.82 Å². The molecule has 0 saturated carbocycles.